The number of halogens is 1. The van der Waals surface area contributed by atoms with Gasteiger partial charge in [0.2, 0.25) is 0 Å². The molecule has 1 heterocycles. The molecule has 0 bridgehead atoms. The lowest BCUT2D eigenvalue weighted by molar-refractivity contribution is 0.831. The average Bonchev–Trinajstić information content (AvgIpc) is 2.51. The van der Waals surface area contributed by atoms with Gasteiger partial charge in [0.05, 0.1) is 6.07 Å². The van der Waals surface area contributed by atoms with Gasteiger partial charge in [0.15, 0.2) is 0 Å². The summed E-state index contributed by atoms with van der Waals surface area (Å²) in [6, 6.07) is 10.4. The molecule has 0 atom stereocenters. The van der Waals surface area contributed by atoms with Crippen LogP contribution in [0.5, 0.6) is 0 Å². The zero-order chi connectivity index (χ0) is 10.8. The van der Waals surface area contributed by atoms with E-state index in [4.69, 9.17) is 5.26 Å². The van der Waals surface area contributed by atoms with E-state index in [0.29, 0.717) is 6.42 Å². The lowest BCUT2D eigenvalue weighted by atomic mass is 10.2. The van der Waals surface area contributed by atoms with Crippen LogP contribution in [0.2, 0.25) is 0 Å². The molecule has 3 heteroatoms. The van der Waals surface area contributed by atoms with Gasteiger partial charge >= 0.3 is 0 Å². The van der Waals surface area contributed by atoms with E-state index < -0.39 is 0 Å². The van der Waals surface area contributed by atoms with Gasteiger partial charge in [0, 0.05) is 41.0 Å². The molecule has 1 aromatic carbocycles. The Kier molecular flexibility index (Phi) is 2.79. The Bertz CT molecular complexity index is 495. The van der Waals surface area contributed by atoms with Crippen molar-refractivity contribution in [2.24, 2.45) is 7.05 Å². The second-order valence-corrected chi connectivity index (χ2v) is 4.29. The van der Waals surface area contributed by atoms with Gasteiger partial charge in [-0.3, -0.25) is 0 Å². The largest absolute Gasteiger partial charge is 0.346 e. The number of nitrogens with zero attached hydrogens (tertiary/aromatic N) is 2. The van der Waals surface area contributed by atoms with Crippen molar-refractivity contribution in [3.63, 3.8) is 0 Å². The summed E-state index contributed by atoms with van der Waals surface area (Å²) in [4.78, 5) is 0. The van der Waals surface area contributed by atoms with E-state index in [0.717, 1.165) is 10.9 Å². The Morgan fingerprint density at radius 3 is 2.80 bits per heavy atom. The number of aryl methyl sites for hydroxylation is 1. The molecule has 0 fully saturated rings. The highest BCUT2D eigenvalue weighted by atomic mass is 79.9. The van der Waals surface area contributed by atoms with Crippen molar-refractivity contribution in [1.82, 2.24) is 4.57 Å². The summed E-state index contributed by atoms with van der Waals surface area (Å²) < 4.78 is 3.27. The highest BCUT2D eigenvalue weighted by Gasteiger charge is 2.11. The van der Waals surface area contributed by atoms with Crippen LogP contribution in [-0.4, -0.2) is 4.57 Å². The van der Waals surface area contributed by atoms with Crippen LogP contribution in [0.1, 0.15) is 12.1 Å². The molecule has 0 N–H and O–H groups in total. The van der Waals surface area contributed by atoms with Crippen LogP contribution in [-0.2, 0) is 13.5 Å². The summed E-state index contributed by atoms with van der Waals surface area (Å²) >= 11 is 3.60. The Labute approximate surface area is 97.3 Å². The van der Waals surface area contributed by atoms with Crippen molar-refractivity contribution in [3.05, 3.63) is 34.4 Å². The number of hydrogen-bond donors (Lipinski definition) is 0. The molecule has 1 aromatic heterocycles. The third-order valence-corrected chi connectivity index (χ3v) is 3.52. The van der Waals surface area contributed by atoms with Gasteiger partial charge in [-0.25, -0.2) is 0 Å². The maximum atomic E-state index is 8.61. The van der Waals surface area contributed by atoms with E-state index in [1.807, 2.05) is 19.2 Å². The van der Waals surface area contributed by atoms with E-state index in [1.165, 1.54) is 16.6 Å². The number of aromatic nitrogens is 1. The van der Waals surface area contributed by atoms with Crippen LogP contribution in [0.25, 0.3) is 10.9 Å². The van der Waals surface area contributed by atoms with Crippen molar-refractivity contribution < 1.29 is 0 Å². The zero-order valence-corrected chi connectivity index (χ0v) is 10.1. The fourth-order valence-electron chi connectivity index (χ4n) is 1.85. The Morgan fingerprint density at radius 1 is 1.40 bits per heavy atom. The van der Waals surface area contributed by atoms with Crippen LogP contribution in [0, 0.1) is 11.3 Å². The molecule has 0 saturated carbocycles. The lowest BCUT2D eigenvalue weighted by Crippen LogP contribution is -1.95. The Balaban J connectivity index is 2.60. The molecule has 15 heavy (non-hydrogen) atoms. The minimum Gasteiger partial charge on any atom is -0.346 e. The van der Waals surface area contributed by atoms with Crippen LogP contribution < -0.4 is 0 Å². The summed E-state index contributed by atoms with van der Waals surface area (Å²) in [7, 11) is 2.04. The number of rotatable bonds is 2. The second kappa shape index (κ2) is 4.08. The highest BCUT2D eigenvalue weighted by Crippen LogP contribution is 2.30. The van der Waals surface area contributed by atoms with Crippen LogP contribution in [0.15, 0.2) is 28.7 Å². The number of fused-ring (bicyclic) bond motifs is 1. The summed E-state index contributed by atoms with van der Waals surface area (Å²) in [5, 5.41) is 9.83. The summed E-state index contributed by atoms with van der Waals surface area (Å²) in [6.07, 6.45) is 1.35. The molecule has 76 valence electrons. The molecule has 0 aliphatic heterocycles. The maximum Gasteiger partial charge on any atom is 0.0625 e. The van der Waals surface area contributed by atoms with Crippen LogP contribution in [0.4, 0.5) is 0 Å². The van der Waals surface area contributed by atoms with E-state index in [-0.39, 0.29) is 0 Å². The van der Waals surface area contributed by atoms with E-state index >= 15 is 0 Å². The Hall–Kier alpha value is -1.27. The topological polar surface area (TPSA) is 28.7 Å². The summed E-state index contributed by atoms with van der Waals surface area (Å²) in [5.41, 5.74) is 2.40. The standard InChI is InChI=1S/C12H11BrN2/c1-15-10-6-3-2-5-9(10)12(13)11(15)7-4-8-14/h2-3,5-6H,4,7H2,1H3. The van der Waals surface area contributed by atoms with Gasteiger partial charge in [0.25, 0.3) is 0 Å². The smallest absolute Gasteiger partial charge is 0.0625 e. The number of hydrogen-bond acceptors (Lipinski definition) is 1. The first-order valence-corrected chi connectivity index (χ1v) is 5.63. The predicted molar refractivity (Wildman–Crippen MR) is 64.6 cm³/mol. The molecular formula is C12H11BrN2. The van der Waals surface area contributed by atoms with Gasteiger partial charge in [0.1, 0.15) is 0 Å². The molecule has 0 amide bonds. The molecule has 2 aromatic rings. The molecule has 0 aliphatic rings. The number of benzene rings is 1. The fourth-order valence-corrected chi connectivity index (χ4v) is 2.65. The van der Waals surface area contributed by atoms with Crippen LogP contribution in [0.3, 0.4) is 0 Å². The second-order valence-electron chi connectivity index (χ2n) is 3.49. The van der Waals surface area contributed by atoms with E-state index in [2.05, 4.69) is 38.7 Å². The molecule has 0 spiro atoms. The first-order valence-electron chi connectivity index (χ1n) is 4.84. The van der Waals surface area contributed by atoms with Gasteiger partial charge in [-0.1, -0.05) is 18.2 Å². The molecule has 0 aliphatic carbocycles. The molecule has 0 saturated heterocycles. The lowest BCUT2D eigenvalue weighted by Gasteiger charge is -2.01. The van der Waals surface area contributed by atoms with Crippen molar-refractivity contribution in [1.29, 1.82) is 5.26 Å². The third kappa shape index (κ3) is 1.66. The van der Waals surface area contributed by atoms with Crippen molar-refractivity contribution >= 4 is 26.8 Å². The first kappa shape index (κ1) is 10.3. The monoisotopic (exact) mass is 262 g/mol. The molecule has 0 unspecified atom stereocenters. The van der Waals surface area contributed by atoms with E-state index in [1.54, 1.807) is 0 Å². The van der Waals surface area contributed by atoms with Crippen LogP contribution >= 0.6 is 15.9 Å². The first-order chi connectivity index (χ1) is 7.25. The highest BCUT2D eigenvalue weighted by molar-refractivity contribution is 9.10. The quantitative estimate of drug-likeness (QED) is 0.816. The third-order valence-electron chi connectivity index (χ3n) is 2.63. The SMILES string of the molecule is Cn1c(CCC#N)c(Br)c2ccccc21. The molecular weight excluding hydrogens is 252 g/mol. The zero-order valence-electron chi connectivity index (χ0n) is 8.50. The summed E-state index contributed by atoms with van der Waals surface area (Å²) in [5.74, 6) is 0. The fraction of sp³-hybridized carbons (Fsp3) is 0.250. The minimum absolute atomic E-state index is 0.558. The van der Waals surface area contributed by atoms with Crippen molar-refractivity contribution in [2.45, 2.75) is 12.8 Å². The minimum atomic E-state index is 0.558. The number of para-hydroxylation sites is 1. The van der Waals surface area contributed by atoms with Gasteiger partial charge in [-0.05, 0) is 22.0 Å². The molecule has 2 rings (SSSR count). The Morgan fingerprint density at radius 2 is 2.13 bits per heavy atom. The van der Waals surface area contributed by atoms with Crippen molar-refractivity contribution in [2.75, 3.05) is 0 Å². The van der Waals surface area contributed by atoms with Crippen molar-refractivity contribution in [3.8, 4) is 6.07 Å². The molecule has 2 nitrogen and oxygen atoms in total. The predicted octanol–water partition coefficient (Wildman–Crippen LogP) is 3.40. The molecule has 0 radical (unpaired) electrons. The van der Waals surface area contributed by atoms with E-state index in [9.17, 15) is 0 Å². The van der Waals surface area contributed by atoms with Gasteiger partial charge in [-0.2, -0.15) is 5.26 Å². The van der Waals surface area contributed by atoms with Gasteiger partial charge in [-0.15, -0.1) is 0 Å². The normalized spacial score (nSPS) is 10.5. The maximum absolute atomic E-state index is 8.61. The number of nitriles is 1. The average molecular weight is 263 g/mol. The summed E-state index contributed by atoms with van der Waals surface area (Å²) in [6.45, 7) is 0. The van der Waals surface area contributed by atoms with Gasteiger partial charge < -0.3 is 4.57 Å².